The third-order valence-corrected chi connectivity index (χ3v) is 3.43. The van der Waals surface area contributed by atoms with Crippen molar-refractivity contribution >= 4 is 18.0 Å². The molecule has 0 aliphatic rings. The van der Waals surface area contributed by atoms with Gasteiger partial charge in [0, 0.05) is 18.5 Å². The van der Waals surface area contributed by atoms with Crippen LogP contribution in [0.3, 0.4) is 0 Å². The minimum Gasteiger partial charge on any atom is -0.490 e. The Labute approximate surface area is 157 Å². The third kappa shape index (κ3) is 6.54. The number of hydrazone groups is 1. The van der Waals surface area contributed by atoms with Crippen molar-refractivity contribution in [3.8, 4) is 5.75 Å². The maximum absolute atomic E-state index is 13.5. The molecule has 0 fully saturated rings. The molecule has 142 valence electrons. The van der Waals surface area contributed by atoms with E-state index in [1.807, 2.05) is 38.1 Å². The molecule has 2 amide bonds. The number of benzene rings is 2. The Morgan fingerprint density at radius 2 is 1.85 bits per heavy atom. The molecule has 0 unspecified atom stereocenters. The summed E-state index contributed by atoms with van der Waals surface area (Å²) in [5.41, 5.74) is 3.06. The molecular weight excluding hydrogens is 349 g/mol. The summed E-state index contributed by atoms with van der Waals surface area (Å²) in [4.78, 5) is 23.6. The average Bonchev–Trinajstić information content (AvgIpc) is 2.63. The Balaban J connectivity index is 1.79. The highest BCUT2D eigenvalue weighted by Crippen LogP contribution is 2.17. The number of hydrogen-bond acceptors (Lipinski definition) is 4. The Morgan fingerprint density at radius 3 is 2.59 bits per heavy atom. The molecule has 0 spiro atoms. The van der Waals surface area contributed by atoms with E-state index < -0.39 is 11.7 Å². The van der Waals surface area contributed by atoms with Crippen LogP contribution >= 0.6 is 0 Å². The zero-order valence-corrected chi connectivity index (χ0v) is 15.2. The Morgan fingerprint density at radius 1 is 1.15 bits per heavy atom. The second-order valence-corrected chi connectivity index (χ2v) is 5.98. The zero-order valence-electron chi connectivity index (χ0n) is 15.2. The number of nitrogens with one attached hydrogen (secondary N) is 2. The van der Waals surface area contributed by atoms with Gasteiger partial charge in [-0.25, -0.2) is 9.82 Å². The van der Waals surface area contributed by atoms with Crippen LogP contribution in [0.25, 0.3) is 0 Å². The molecule has 2 aromatic carbocycles. The highest BCUT2D eigenvalue weighted by molar-refractivity contribution is 5.94. The highest BCUT2D eigenvalue weighted by atomic mass is 19.1. The number of rotatable bonds is 8. The lowest BCUT2D eigenvalue weighted by Crippen LogP contribution is -2.29. The van der Waals surface area contributed by atoms with Crippen LogP contribution in [-0.2, 0) is 4.79 Å². The van der Waals surface area contributed by atoms with Gasteiger partial charge in [-0.15, -0.1) is 0 Å². The number of amides is 2. The summed E-state index contributed by atoms with van der Waals surface area (Å²) < 4.78 is 19.2. The van der Waals surface area contributed by atoms with E-state index >= 15 is 0 Å². The minimum atomic E-state index is -0.605. The second kappa shape index (κ2) is 10.1. The Hall–Kier alpha value is -3.22. The predicted molar refractivity (Wildman–Crippen MR) is 101 cm³/mol. The molecule has 0 saturated carbocycles. The van der Waals surface area contributed by atoms with E-state index in [-0.39, 0.29) is 30.5 Å². The SMILES string of the molecule is CC(C)Oc1ccccc1C=NNC(=O)CCNC(=O)c1ccccc1F. The number of carbonyl (C=O) groups is 2. The average molecular weight is 371 g/mol. The summed E-state index contributed by atoms with van der Waals surface area (Å²) in [6.45, 7) is 3.91. The first kappa shape index (κ1) is 20.1. The summed E-state index contributed by atoms with van der Waals surface area (Å²) in [6, 6.07) is 13.0. The molecule has 27 heavy (non-hydrogen) atoms. The van der Waals surface area contributed by atoms with Crippen molar-refractivity contribution in [2.45, 2.75) is 26.4 Å². The number of nitrogens with zero attached hydrogens (tertiary/aromatic N) is 1. The summed E-state index contributed by atoms with van der Waals surface area (Å²) in [5, 5.41) is 6.40. The van der Waals surface area contributed by atoms with Crippen molar-refractivity contribution in [2.75, 3.05) is 6.54 Å². The van der Waals surface area contributed by atoms with Crippen molar-refractivity contribution in [2.24, 2.45) is 5.10 Å². The highest BCUT2D eigenvalue weighted by Gasteiger charge is 2.10. The lowest BCUT2D eigenvalue weighted by Gasteiger charge is -2.11. The van der Waals surface area contributed by atoms with E-state index in [0.717, 1.165) is 5.56 Å². The number of para-hydroxylation sites is 1. The van der Waals surface area contributed by atoms with Crippen LogP contribution in [0, 0.1) is 5.82 Å². The van der Waals surface area contributed by atoms with Crippen LogP contribution in [0.2, 0.25) is 0 Å². The quantitative estimate of drug-likeness (QED) is 0.553. The van der Waals surface area contributed by atoms with E-state index in [1.54, 1.807) is 6.07 Å². The lowest BCUT2D eigenvalue weighted by atomic mass is 10.2. The van der Waals surface area contributed by atoms with Gasteiger partial charge in [0.25, 0.3) is 5.91 Å². The molecule has 0 aliphatic heterocycles. The second-order valence-electron chi connectivity index (χ2n) is 5.98. The van der Waals surface area contributed by atoms with Crippen molar-refractivity contribution in [1.82, 2.24) is 10.7 Å². The first-order valence-electron chi connectivity index (χ1n) is 8.57. The maximum Gasteiger partial charge on any atom is 0.254 e. The molecule has 0 radical (unpaired) electrons. The monoisotopic (exact) mass is 371 g/mol. The molecule has 0 aliphatic carbocycles. The van der Waals surface area contributed by atoms with Crippen molar-refractivity contribution < 1.29 is 18.7 Å². The van der Waals surface area contributed by atoms with Gasteiger partial charge in [-0.2, -0.15) is 5.10 Å². The first-order chi connectivity index (χ1) is 13.0. The van der Waals surface area contributed by atoms with E-state index in [1.165, 1.54) is 24.4 Å². The van der Waals surface area contributed by atoms with Crippen LogP contribution in [0.15, 0.2) is 53.6 Å². The summed E-state index contributed by atoms with van der Waals surface area (Å²) in [6.07, 6.45) is 1.53. The fraction of sp³-hybridized carbons (Fsp3) is 0.250. The van der Waals surface area contributed by atoms with Crippen LogP contribution in [0.5, 0.6) is 5.75 Å². The molecule has 0 aromatic heterocycles. The molecule has 0 bridgehead atoms. The molecule has 7 heteroatoms. The van der Waals surface area contributed by atoms with Gasteiger partial charge >= 0.3 is 0 Å². The van der Waals surface area contributed by atoms with Gasteiger partial charge in [0.1, 0.15) is 11.6 Å². The van der Waals surface area contributed by atoms with Gasteiger partial charge in [-0.05, 0) is 38.1 Å². The number of halogens is 1. The molecule has 0 heterocycles. The molecular formula is C20H22FN3O3. The number of carbonyl (C=O) groups excluding carboxylic acids is 2. The molecule has 2 aromatic rings. The van der Waals surface area contributed by atoms with Crippen molar-refractivity contribution in [3.05, 3.63) is 65.5 Å². The summed E-state index contributed by atoms with van der Waals surface area (Å²) in [7, 11) is 0. The standard InChI is InChI=1S/C20H22FN3O3/c1-14(2)27-18-10-6-3-7-15(18)13-23-24-19(25)11-12-22-20(26)16-8-4-5-9-17(16)21/h3-10,13-14H,11-12H2,1-2H3,(H,22,26)(H,24,25). The Kier molecular flexibility index (Phi) is 7.49. The predicted octanol–water partition coefficient (Wildman–Crippen LogP) is 2.88. The summed E-state index contributed by atoms with van der Waals surface area (Å²) in [5.74, 6) is -0.875. The zero-order chi connectivity index (χ0) is 19.6. The van der Waals surface area contributed by atoms with Crippen LogP contribution in [0.1, 0.15) is 36.2 Å². The van der Waals surface area contributed by atoms with Crippen LogP contribution < -0.4 is 15.5 Å². The lowest BCUT2D eigenvalue weighted by molar-refractivity contribution is -0.120. The molecule has 0 atom stereocenters. The van der Waals surface area contributed by atoms with Crippen molar-refractivity contribution in [3.63, 3.8) is 0 Å². The topological polar surface area (TPSA) is 79.8 Å². The maximum atomic E-state index is 13.5. The third-order valence-electron chi connectivity index (χ3n) is 3.43. The minimum absolute atomic E-state index is 0.0155. The van der Waals surface area contributed by atoms with E-state index in [4.69, 9.17) is 4.74 Å². The van der Waals surface area contributed by atoms with E-state index in [9.17, 15) is 14.0 Å². The summed E-state index contributed by atoms with van der Waals surface area (Å²) >= 11 is 0. The Bertz CT molecular complexity index is 822. The number of ether oxygens (including phenoxy) is 1. The largest absolute Gasteiger partial charge is 0.490 e. The van der Waals surface area contributed by atoms with Gasteiger partial charge in [-0.1, -0.05) is 24.3 Å². The molecule has 2 N–H and O–H groups in total. The fourth-order valence-corrected chi connectivity index (χ4v) is 2.21. The normalized spacial score (nSPS) is 10.8. The van der Waals surface area contributed by atoms with Crippen molar-refractivity contribution in [1.29, 1.82) is 0 Å². The van der Waals surface area contributed by atoms with Gasteiger partial charge < -0.3 is 10.1 Å². The molecule has 2 rings (SSSR count). The smallest absolute Gasteiger partial charge is 0.254 e. The van der Waals surface area contributed by atoms with E-state index in [0.29, 0.717) is 5.75 Å². The number of hydrogen-bond donors (Lipinski definition) is 2. The first-order valence-corrected chi connectivity index (χ1v) is 8.57. The fourth-order valence-electron chi connectivity index (χ4n) is 2.21. The van der Waals surface area contributed by atoms with E-state index in [2.05, 4.69) is 15.8 Å². The molecule has 0 saturated heterocycles. The van der Waals surface area contributed by atoms with Gasteiger partial charge in [-0.3, -0.25) is 9.59 Å². The van der Waals surface area contributed by atoms with Gasteiger partial charge in [0.15, 0.2) is 0 Å². The van der Waals surface area contributed by atoms with Crippen LogP contribution in [-0.4, -0.2) is 30.7 Å². The molecule has 6 nitrogen and oxygen atoms in total. The van der Waals surface area contributed by atoms with Crippen LogP contribution in [0.4, 0.5) is 4.39 Å². The van der Waals surface area contributed by atoms with Gasteiger partial charge in [0.05, 0.1) is 17.9 Å². The van der Waals surface area contributed by atoms with Gasteiger partial charge in [0.2, 0.25) is 5.91 Å².